The second-order valence-corrected chi connectivity index (χ2v) is 10.8. The summed E-state index contributed by atoms with van der Waals surface area (Å²) in [5, 5.41) is 3.22. The van der Waals surface area contributed by atoms with Gasteiger partial charge in [-0.15, -0.1) is 11.3 Å². The molecule has 0 atom stereocenters. The summed E-state index contributed by atoms with van der Waals surface area (Å²) in [6.07, 6.45) is 6.54. The lowest BCUT2D eigenvalue weighted by atomic mass is 9.98. The van der Waals surface area contributed by atoms with Crippen LogP contribution in [0.15, 0.2) is 59.0 Å². The largest absolute Gasteiger partial charge is 0.333 e. The lowest BCUT2D eigenvalue weighted by Gasteiger charge is -2.31. The molecule has 7 nitrogen and oxygen atoms in total. The van der Waals surface area contributed by atoms with Crippen molar-refractivity contribution in [2.75, 3.05) is 6.54 Å². The monoisotopic (exact) mass is 495 g/mol. The highest BCUT2D eigenvalue weighted by atomic mass is 32.1. The number of thiophene rings is 1. The number of amides is 1. The van der Waals surface area contributed by atoms with Crippen LogP contribution in [0, 0.1) is 12.8 Å². The zero-order valence-electron chi connectivity index (χ0n) is 20.0. The Morgan fingerprint density at radius 1 is 1.17 bits per heavy atom. The van der Waals surface area contributed by atoms with Crippen LogP contribution in [-0.2, 0) is 19.5 Å². The molecule has 5 heterocycles. The molecular formula is C28H25N5O2S. The number of hydrogen-bond donors (Lipinski definition) is 0. The molecule has 4 aromatic heterocycles. The van der Waals surface area contributed by atoms with Crippen LogP contribution < -0.4 is 5.56 Å². The first-order valence-corrected chi connectivity index (χ1v) is 13.3. The third-order valence-corrected chi connectivity index (χ3v) is 8.41. The van der Waals surface area contributed by atoms with Crippen molar-refractivity contribution >= 4 is 33.1 Å². The van der Waals surface area contributed by atoms with E-state index in [0.29, 0.717) is 42.6 Å². The molecule has 1 fully saturated rings. The first-order valence-electron chi connectivity index (χ1n) is 12.4. The Balaban J connectivity index is 1.33. The number of hydrogen-bond acceptors (Lipinski definition) is 5. The van der Waals surface area contributed by atoms with Crippen LogP contribution in [0.25, 0.3) is 27.0 Å². The summed E-state index contributed by atoms with van der Waals surface area (Å²) in [6, 6.07) is 12.1. The highest BCUT2D eigenvalue weighted by molar-refractivity contribution is 7.17. The van der Waals surface area contributed by atoms with Crippen molar-refractivity contribution in [2.24, 2.45) is 5.92 Å². The quantitative estimate of drug-likeness (QED) is 0.363. The third kappa shape index (κ3) is 3.39. The molecule has 8 heteroatoms. The van der Waals surface area contributed by atoms with Gasteiger partial charge in [-0.2, -0.15) is 0 Å². The van der Waals surface area contributed by atoms with E-state index >= 15 is 0 Å². The Kier molecular flexibility index (Phi) is 4.86. The molecule has 180 valence electrons. The zero-order valence-corrected chi connectivity index (χ0v) is 20.8. The van der Waals surface area contributed by atoms with Gasteiger partial charge in [0.15, 0.2) is 0 Å². The molecule has 0 N–H and O–H groups in total. The second-order valence-electron chi connectivity index (χ2n) is 9.85. The predicted molar refractivity (Wildman–Crippen MR) is 140 cm³/mol. The van der Waals surface area contributed by atoms with Crippen molar-refractivity contribution in [3.8, 4) is 11.1 Å². The number of pyridine rings is 1. The van der Waals surface area contributed by atoms with Crippen molar-refractivity contribution < 1.29 is 4.79 Å². The van der Waals surface area contributed by atoms with Gasteiger partial charge in [0.1, 0.15) is 5.69 Å². The van der Waals surface area contributed by atoms with Gasteiger partial charge in [0, 0.05) is 60.0 Å². The summed E-state index contributed by atoms with van der Waals surface area (Å²) in [5.41, 5.74) is 5.16. The molecule has 1 aliphatic heterocycles. The number of aromatic nitrogens is 4. The summed E-state index contributed by atoms with van der Waals surface area (Å²) < 4.78 is 4.91. The number of rotatable bonds is 4. The van der Waals surface area contributed by atoms with Gasteiger partial charge >= 0.3 is 0 Å². The number of carbonyl (C=O) groups is 1. The molecule has 7 rings (SSSR count). The maximum Gasteiger partial charge on any atom is 0.273 e. The molecule has 0 bridgehead atoms. The highest BCUT2D eigenvalue weighted by Crippen LogP contribution is 2.35. The van der Waals surface area contributed by atoms with E-state index < -0.39 is 0 Å². The van der Waals surface area contributed by atoms with E-state index in [4.69, 9.17) is 0 Å². The van der Waals surface area contributed by atoms with Gasteiger partial charge in [-0.1, -0.05) is 18.2 Å². The van der Waals surface area contributed by atoms with Crippen molar-refractivity contribution in [3.63, 3.8) is 0 Å². The normalized spacial score (nSPS) is 15.5. The minimum absolute atomic E-state index is 0.0551. The molecule has 2 aliphatic rings. The van der Waals surface area contributed by atoms with Crippen LogP contribution in [-0.4, -0.2) is 36.3 Å². The van der Waals surface area contributed by atoms with Gasteiger partial charge in [-0.25, -0.2) is 9.97 Å². The third-order valence-electron chi connectivity index (χ3n) is 7.44. The van der Waals surface area contributed by atoms with E-state index in [9.17, 15) is 9.59 Å². The molecule has 36 heavy (non-hydrogen) atoms. The fourth-order valence-corrected chi connectivity index (χ4v) is 6.37. The standard InChI is InChI=1S/C28H25N5O2S/c1-17-24(32-11-3-10-29-28(32)30-17)27(35)31-12-8-23-20(16-31)14-22(26(34)33(23)15-18-6-7-18)21-5-2-4-19-9-13-36-25(19)21/h2-5,9-11,13-14,18H,6-8,12,15-16H2,1H3. The Morgan fingerprint density at radius 2 is 2.06 bits per heavy atom. The molecule has 0 spiro atoms. The van der Waals surface area contributed by atoms with E-state index in [0.717, 1.165) is 39.0 Å². The summed E-state index contributed by atoms with van der Waals surface area (Å²) in [7, 11) is 0. The number of carbonyl (C=O) groups excluding carboxylic acids is 1. The van der Waals surface area contributed by atoms with Crippen molar-refractivity contribution in [1.82, 2.24) is 23.8 Å². The topological polar surface area (TPSA) is 72.5 Å². The van der Waals surface area contributed by atoms with Gasteiger partial charge in [0.25, 0.3) is 11.5 Å². The zero-order chi connectivity index (χ0) is 24.4. The molecule has 5 aromatic rings. The summed E-state index contributed by atoms with van der Waals surface area (Å²) in [4.78, 5) is 38.2. The first-order chi connectivity index (χ1) is 17.6. The molecule has 0 unspecified atom stereocenters. The maximum absolute atomic E-state index is 13.8. The summed E-state index contributed by atoms with van der Waals surface area (Å²) in [6.45, 7) is 3.66. The molecule has 1 amide bonds. The van der Waals surface area contributed by atoms with Crippen molar-refractivity contribution in [1.29, 1.82) is 0 Å². The van der Waals surface area contributed by atoms with E-state index in [1.165, 1.54) is 12.8 Å². The van der Waals surface area contributed by atoms with Crippen molar-refractivity contribution in [3.05, 3.63) is 87.2 Å². The molecule has 1 aromatic carbocycles. The minimum Gasteiger partial charge on any atom is -0.333 e. The van der Waals surface area contributed by atoms with E-state index in [1.807, 2.05) is 46.9 Å². The molecule has 0 radical (unpaired) electrons. The maximum atomic E-state index is 13.8. The van der Waals surface area contributed by atoms with E-state index in [-0.39, 0.29) is 11.5 Å². The van der Waals surface area contributed by atoms with Crippen LogP contribution in [0.4, 0.5) is 0 Å². The molecule has 1 aliphatic carbocycles. The molecule has 0 saturated heterocycles. The highest BCUT2D eigenvalue weighted by Gasteiger charge is 2.31. The van der Waals surface area contributed by atoms with E-state index in [2.05, 4.69) is 27.5 Å². The summed E-state index contributed by atoms with van der Waals surface area (Å²) in [5.74, 6) is 1.05. The van der Waals surface area contributed by atoms with Crippen molar-refractivity contribution in [2.45, 2.75) is 39.3 Å². The minimum atomic E-state index is -0.0551. The smallest absolute Gasteiger partial charge is 0.273 e. The number of fused-ring (bicyclic) bond motifs is 3. The Hall–Kier alpha value is -3.78. The van der Waals surface area contributed by atoms with Gasteiger partial charge in [-0.05, 0) is 60.2 Å². The van der Waals surface area contributed by atoms with Gasteiger partial charge in [-0.3, -0.25) is 14.0 Å². The average molecular weight is 496 g/mol. The Morgan fingerprint density at radius 3 is 2.92 bits per heavy atom. The second kappa shape index (κ2) is 8.13. The Labute approximate surface area is 211 Å². The van der Waals surface area contributed by atoms with Crippen LogP contribution in [0.3, 0.4) is 0 Å². The Bertz CT molecular complexity index is 1730. The number of nitrogens with zero attached hydrogens (tertiary/aromatic N) is 5. The fourth-order valence-electron chi connectivity index (χ4n) is 5.45. The lowest BCUT2D eigenvalue weighted by molar-refractivity contribution is 0.0724. The predicted octanol–water partition coefficient (Wildman–Crippen LogP) is 4.69. The molecular weight excluding hydrogens is 470 g/mol. The van der Waals surface area contributed by atoms with Crippen LogP contribution in [0.5, 0.6) is 0 Å². The van der Waals surface area contributed by atoms with Crippen LogP contribution in [0.1, 0.15) is 40.3 Å². The number of benzene rings is 1. The van der Waals surface area contributed by atoms with Crippen LogP contribution in [0.2, 0.25) is 0 Å². The number of aryl methyl sites for hydroxylation is 1. The van der Waals surface area contributed by atoms with Gasteiger partial charge in [0.2, 0.25) is 5.78 Å². The van der Waals surface area contributed by atoms with Gasteiger partial charge < -0.3 is 9.47 Å². The summed E-state index contributed by atoms with van der Waals surface area (Å²) >= 11 is 1.67. The first kappa shape index (κ1) is 21.5. The number of imidazole rings is 1. The van der Waals surface area contributed by atoms with E-state index in [1.54, 1.807) is 21.9 Å². The average Bonchev–Trinajstić information content (AvgIpc) is 3.46. The SMILES string of the molecule is Cc1nc2ncccn2c1C(=O)N1CCc2c(cc(-c3cccc4ccsc34)c(=O)n2CC2CC2)C1. The lowest BCUT2D eigenvalue weighted by Crippen LogP contribution is -2.40. The molecule has 1 saturated carbocycles. The van der Waals surface area contributed by atoms with Gasteiger partial charge in [0.05, 0.1) is 5.69 Å². The fraction of sp³-hybridized carbons (Fsp3) is 0.286. The van der Waals surface area contributed by atoms with Crippen LogP contribution >= 0.6 is 11.3 Å².